The Bertz CT molecular complexity index is 615. The number of ether oxygens (including phenoxy) is 1. The molecule has 0 unspecified atom stereocenters. The normalized spacial score (nSPS) is 10.2. The monoisotopic (exact) mass is 296 g/mol. The Labute approximate surface area is 130 Å². The molecule has 114 valence electrons. The zero-order valence-electron chi connectivity index (χ0n) is 12.7. The van der Waals surface area contributed by atoms with Crippen molar-refractivity contribution < 1.29 is 14.3 Å². The number of hydrogen-bond acceptors (Lipinski definition) is 3. The molecule has 0 atom stereocenters. The van der Waals surface area contributed by atoms with Crippen LogP contribution in [-0.4, -0.2) is 18.4 Å². The largest absolute Gasteiger partial charge is 0.465 e. The van der Waals surface area contributed by atoms with Gasteiger partial charge in [0.1, 0.15) is 0 Å². The predicted molar refractivity (Wildman–Crippen MR) is 85.8 cm³/mol. The fourth-order valence-electron chi connectivity index (χ4n) is 2.10. The first kappa shape index (κ1) is 16.0. The Morgan fingerprint density at radius 2 is 1.59 bits per heavy atom. The lowest BCUT2D eigenvalue weighted by Gasteiger charge is -2.05. The van der Waals surface area contributed by atoms with Gasteiger partial charge in [0.15, 0.2) is 5.78 Å². The molecule has 0 aromatic heterocycles. The average molecular weight is 296 g/mol. The molecule has 0 saturated heterocycles. The van der Waals surface area contributed by atoms with Crippen molar-refractivity contribution in [2.24, 2.45) is 0 Å². The maximum atomic E-state index is 11.9. The third kappa shape index (κ3) is 5.17. The summed E-state index contributed by atoms with van der Waals surface area (Å²) >= 11 is 0. The van der Waals surface area contributed by atoms with Crippen LogP contribution in [0.4, 0.5) is 0 Å². The van der Waals surface area contributed by atoms with Crippen LogP contribution < -0.4 is 0 Å². The Hall–Kier alpha value is -2.42. The molecule has 3 heteroatoms. The van der Waals surface area contributed by atoms with Crippen molar-refractivity contribution in [3.63, 3.8) is 0 Å². The fourth-order valence-corrected chi connectivity index (χ4v) is 2.10. The summed E-state index contributed by atoms with van der Waals surface area (Å²) in [5, 5.41) is 0. The highest BCUT2D eigenvalue weighted by molar-refractivity contribution is 5.97. The number of esters is 1. The molecule has 0 aliphatic rings. The SMILES string of the molecule is Cc1ccc(C(=O)CCC(=O)OCCc2ccccc2)cc1. The zero-order chi connectivity index (χ0) is 15.8. The van der Waals surface area contributed by atoms with E-state index in [2.05, 4.69) is 0 Å². The van der Waals surface area contributed by atoms with Gasteiger partial charge in [-0.05, 0) is 12.5 Å². The van der Waals surface area contributed by atoms with E-state index in [4.69, 9.17) is 4.74 Å². The first-order valence-electron chi connectivity index (χ1n) is 7.44. The lowest BCUT2D eigenvalue weighted by molar-refractivity contribution is -0.143. The third-order valence-electron chi connectivity index (χ3n) is 3.43. The molecule has 0 aliphatic heterocycles. The van der Waals surface area contributed by atoms with Crippen LogP contribution in [0.2, 0.25) is 0 Å². The highest BCUT2D eigenvalue weighted by Gasteiger charge is 2.10. The summed E-state index contributed by atoms with van der Waals surface area (Å²) in [5.41, 5.74) is 2.88. The minimum absolute atomic E-state index is 0.0278. The van der Waals surface area contributed by atoms with Gasteiger partial charge in [0, 0.05) is 18.4 Å². The molecule has 0 radical (unpaired) electrons. The second-order valence-electron chi connectivity index (χ2n) is 5.25. The maximum Gasteiger partial charge on any atom is 0.306 e. The quantitative estimate of drug-likeness (QED) is 0.577. The van der Waals surface area contributed by atoms with Crippen LogP contribution in [0.3, 0.4) is 0 Å². The number of aryl methyl sites for hydroxylation is 1. The molecule has 0 heterocycles. The Kier molecular flexibility index (Phi) is 5.90. The molecular formula is C19H20O3. The Morgan fingerprint density at radius 1 is 0.909 bits per heavy atom. The number of carbonyl (C=O) groups excluding carboxylic acids is 2. The highest BCUT2D eigenvalue weighted by Crippen LogP contribution is 2.08. The molecule has 22 heavy (non-hydrogen) atoms. The predicted octanol–water partition coefficient (Wildman–Crippen LogP) is 3.74. The van der Waals surface area contributed by atoms with Crippen molar-refractivity contribution >= 4 is 11.8 Å². The van der Waals surface area contributed by atoms with Crippen LogP contribution in [0.15, 0.2) is 54.6 Å². The first-order valence-corrected chi connectivity index (χ1v) is 7.44. The molecule has 0 bridgehead atoms. The molecule has 3 nitrogen and oxygen atoms in total. The summed E-state index contributed by atoms with van der Waals surface area (Å²) in [5.74, 6) is -0.351. The third-order valence-corrected chi connectivity index (χ3v) is 3.43. The number of rotatable bonds is 7. The van der Waals surface area contributed by atoms with Crippen LogP contribution in [-0.2, 0) is 16.0 Å². The summed E-state index contributed by atoms with van der Waals surface area (Å²) in [6, 6.07) is 17.2. The van der Waals surface area contributed by atoms with E-state index in [1.165, 1.54) is 0 Å². The first-order chi connectivity index (χ1) is 10.6. The smallest absolute Gasteiger partial charge is 0.306 e. The molecule has 0 amide bonds. The van der Waals surface area contributed by atoms with E-state index < -0.39 is 0 Å². The van der Waals surface area contributed by atoms with Gasteiger partial charge in [0.25, 0.3) is 0 Å². The topological polar surface area (TPSA) is 43.4 Å². The van der Waals surface area contributed by atoms with Crippen molar-refractivity contribution in [2.75, 3.05) is 6.61 Å². The summed E-state index contributed by atoms with van der Waals surface area (Å²) < 4.78 is 5.16. The van der Waals surface area contributed by atoms with Crippen molar-refractivity contribution in [1.29, 1.82) is 0 Å². The molecule has 2 aromatic rings. The van der Waals surface area contributed by atoms with Gasteiger partial charge in [-0.2, -0.15) is 0 Å². The molecule has 2 aromatic carbocycles. The van der Waals surface area contributed by atoms with Crippen molar-refractivity contribution in [3.05, 3.63) is 71.3 Å². The standard InChI is InChI=1S/C19H20O3/c1-15-7-9-17(10-8-15)18(20)11-12-19(21)22-14-13-16-5-3-2-4-6-16/h2-10H,11-14H2,1H3. The lowest BCUT2D eigenvalue weighted by atomic mass is 10.1. The van der Waals surface area contributed by atoms with E-state index in [0.717, 1.165) is 11.1 Å². The Balaban J connectivity index is 1.69. The second kappa shape index (κ2) is 8.13. The van der Waals surface area contributed by atoms with Crippen LogP contribution in [0.1, 0.15) is 34.3 Å². The molecule has 0 spiro atoms. The Morgan fingerprint density at radius 3 is 2.27 bits per heavy atom. The van der Waals surface area contributed by atoms with Crippen molar-refractivity contribution in [3.8, 4) is 0 Å². The summed E-state index contributed by atoms with van der Waals surface area (Å²) in [4.78, 5) is 23.6. The maximum absolute atomic E-state index is 11.9. The van der Waals surface area contributed by atoms with E-state index in [9.17, 15) is 9.59 Å². The van der Waals surface area contributed by atoms with Crippen LogP contribution in [0.25, 0.3) is 0 Å². The lowest BCUT2D eigenvalue weighted by Crippen LogP contribution is -2.10. The van der Waals surface area contributed by atoms with Gasteiger partial charge in [-0.3, -0.25) is 9.59 Å². The van der Waals surface area contributed by atoms with Gasteiger partial charge < -0.3 is 4.74 Å². The van der Waals surface area contributed by atoms with Crippen LogP contribution in [0.5, 0.6) is 0 Å². The van der Waals surface area contributed by atoms with Gasteiger partial charge in [-0.1, -0.05) is 60.2 Å². The van der Waals surface area contributed by atoms with Crippen molar-refractivity contribution in [1.82, 2.24) is 0 Å². The van der Waals surface area contributed by atoms with E-state index >= 15 is 0 Å². The highest BCUT2D eigenvalue weighted by atomic mass is 16.5. The molecule has 2 rings (SSSR count). The molecule has 0 aliphatic carbocycles. The molecular weight excluding hydrogens is 276 g/mol. The number of Topliss-reactive ketones (excluding diaryl/α,β-unsaturated/α-hetero) is 1. The number of hydrogen-bond donors (Lipinski definition) is 0. The number of benzene rings is 2. The minimum Gasteiger partial charge on any atom is -0.465 e. The second-order valence-corrected chi connectivity index (χ2v) is 5.25. The van der Waals surface area contributed by atoms with Crippen molar-refractivity contribution in [2.45, 2.75) is 26.2 Å². The van der Waals surface area contributed by atoms with Gasteiger partial charge in [-0.25, -0.2) is 0 Å². The van der Waals surface area contributed by atoms with Crippen LogP contribution >= 0.6 is 0 Å². The number of carbonyl (C=O) groups is 2. The summed E-state index contributed by atoms with van der Waals surface area (Å²) in [6.07, 6.45) is 1.01. The van der Waals surface area contributed by atoms with Crippen LogP contribution in [0, 0.1) is 6.92 Å². The van der Waals surface area contributed by atoms with Gasteiger partial charge >= 0.3 is 5.97 Å². The van der Waals surface area contributed by atoms with Gasteiger partial charge in [-0.15, -0.1) is 0 Å². The van der Waals surface area contributed by atoms with Gasteiger partial charge in [0.05, 0.1) is 13.0 Å². The number of ketones is 1. The average Bonchev–Trinajstić information content (AvgIpc) is 2.54. The van der Waals surface area contributed by atoms with Gasteiger partial charge in [0.2, 0.25) is 0 Å². The fraction of sp³-hybridized carbons (Fsp3) is 0.263. The van der Waals surface area contributed by atoms with E-state index in [1.807, 2.05) is 49.4 Å². The minimum atomic E-state index is -0.323. The molecule has 0 N–H and O–H groups in total. The zero-order valence-corrected chi connectivity index (χ0v) is 12.7. The van der Waals surface area contributed by atoms with E-state index in [0.29, 0.717) is 18.6 Å². The summed E-state index contributed by atoms with van der Waals surface area (Å²) in [6.45, 7) is 2.32. The van der Waals surface area contributed by atoms with E-state index in [-0.39, 0.29) is 24.6 Å². The molecule has 0 fully saturated rings. The van der Waals surface area contributed by atoms with E-state index in [1.54, 1.807) is 12.1 Å². The summed E-state index contributed by atoms with van der Waals surface area (Å²) in [7, 11) is 0. The molecule has 0 saturated carbocycles.